The van der Waals surface area contributed by atoms with Crippen molar-refractivity contribution in [3.63, 3.8) is 0 Å². The lowest BCUT2D eigenvalue weighted by Crippen LogP contribution is -2.19. The van der Waals surface area contributed by atoms with E-state index in [1.54, 1.807) is 42.5 Å². The number of aromatic nitrogens is 1. The van der Waals surface area contributed by atoms with Gasteiger partial charge in [-0.3, -0.25) is 4.79 Å². The van der Waals surface area contributed by atoms with Gasteiger partial charge in [0.2, 0.25) is 5.91 Å². The van der Waals surface area contributed by atoms with Crippen LogP contribution in [0.25, 0.3) is 16.3 Å². The van der Waals surface area contributed by atoms with Crippen molar-refractivity contribution in [2.75, 3.05) is 16.0 Å². The van der Waals surface area contributed by atoms with Gasteiger partial charge in [0.05, 0.1) is 10.2 Å². The predicted octanol–water partition coefficient (Wildman–Crippen LogP) is 5.59. The average molecular weight is 414 g/mol. The largest absolute Gasteiger partial charge is 0.323 e. The second-order valence-electron chi connectivity index (χ2n) is 6.36. The fourth-order valence-corrected chi connectivity index (χ4v) is 3.61. The van der Waals surface area contributed by atoms with Crippen LogP contribution in [0, 0.1) is 0 Å². The van der Waals surface area contributed by atoms with E-state index in [1.165, 1.54) is 17.4 Å². The van der Waals surface area contributed by atoms with Crippen LogP contribution >= 0.6 is 11.3 Å². The molecule has 0 saturated carbocycles. The summed E-state index contributed by atoms with van der Waals surface area (Å²) >= 11 is 1.53. The van der Waals surface area contributed by atoms with Gasteiger partial charge in [-0.2, -0.15) is 0 Å². The first kappa shape index (κ1) is 19.4. The summed E-state index contributed by atoms with van der Waals surface area (Å²) in [5.74, 6) is -0.253. The molecule has 0 fully saturated rings. The van der Waals surface area contributed by atoms with E-state index < -0.39 is 0 Å². The summed E-state index contributed by atoms with van der Waals surface area (Å²) in [4.78, 5) is 28.7. The van der Waals surface area contributed by atoms with E-state index >= 15 is 0 Å². The van der Waals surface area contributed by atoms with Gasteiger partial charge < -0.3 is 16.0 Å². The number of carbonyl (C=O) groups is 2. The van der Waals surface area contributed by atoms with E-state index in [-0.39, 0.29) is 11.9 Å². The maximum absolute atomic E-state index is 12.2. The van der Waals surface area contributed by atoms with Crippen molar-refractivity contribution in [3.05, 3.63) is 89.9 Å². The SMILES string of the molecule is O=C(/C=C/c1nc2ccccc2s1)Nc1ccc(NC(=O)Nc2ccccc2)cc1. The molecule has 0 aliphatic rings. The molecular weight excluding hydrogens is 396 g/mol. The highest BCUT2D eigenvalue weighted by molar-refractivity contribution is 7.19. The molecule has 3 N–H and O–H groups in total. The van der Waals surface area contributed by atoms with Crippen LogP contribution in [0.2, 0.25) is 0 Å². The van der Waals surface area contributed by atoms with Crippen LogP contribution in [0.4, 0.5) is 21.9 Å². The van der Waals surface area contributed by atoms with Crippen molar-refractivity contribution in [2.45, 2.75) is 0 Å². The van der Waals surface area contributed by atoms with Gasteiger partial charge in [-0.15, -0.1) is 11.3 Å². The highest BCUT2D eigenvalue weighted by atomic mass is 32.1. The molecule has 4 rings (SSSR count). The number of fused-ring (bicyclic) bond motifs is 1. The number of nitrogens with one attached hydrogen (secondary N) is 3. The van der Waals surface area contributed by atoms with Crippen molar-refractivity contribution >= 4 is 56.6 Å². The van der Waals surface area contributed by atoms with Crippen molar-refractivity contribution < 1.29 is 9.59 Å². The molecule has 148 valence electrons. The molecule has 4 aromatic rings. The number of hydrogen-bond acceptors (Lipinski definition) is 4. The summed E-state index contributed by atoms with van der Waals surface area (Å²) in [6.07, 6.45) is 3.15. The number of hydrogen-bond donors (Lipinski definition) is 3. The highest BCUT2D eigenvalue weighted by Gasteiger charge is 2.04. The minimum Gasteiger partial charge on any atom is -0.323 e. The molecule has 0 atom stereocenters. The van der Waals surface area contributed by atoms with Crippen molar-refractivity contribution in [2.24, 2.45) is 0 Å². The number of rotatable bonds is 5. The van der Waals surface area contributed by atoms with Crippen LogP contribution in [-0.2, 0) is 4.79 Å². The average Bonchev–Trinajstić information content (AvgIpc) is 3.17. The summed E-state index contributed by atoms with van der Waals surface area (Å²) in [6.45, 7) is 0. The summed E-state index contributed by atoms with van der Waals surface area (Å²) in [5.41, 5.74) is 2.87. The number of anilines is 3. The van der Waals surface area contributed by atoms with Gasteiger partial charge in [-0.25, -0.2) is 9.78 Å². The van der Waals surface area contributed by atoms with Gasteiger partial charge in [0.1, 0.15) is 5.01 Å². The molecule has 3 aromatic carbocycles. The van der Waals surface area contributed by atoms with E-state index in [4.69, 9.17) is 0 Å². The number of para-hydroxylation sites is 2. The van der Waals surface area contributed by atoms with Crippen LogP contribution in [0.5, 0.6) is 0 Å². The van der Waals surface area contributed by atoms with Crippen LogP contribution < -0.4 is 16.0 Å². The maximum atomic E-state index is 12.2. The molecule has 30 heavy (non-hydrogen) atoms. The third-order valence-electron chi connectivity index (χ3n) is 4.13. The normalized spacial score (nSPS) is 10.8. The fourth-order valence-electron chi connectivity index (χ4n) is 2.74. The quantitative estimate of drug-likeness (QED) is 0.372. The standard InChI is InChI=1S/C23H18N4O2S/c28-21(14-15-22-27-19-8-4-5-9-20(19)30-22)24-17-10-12-18(13-11-17)26-23(29)25-16-6-2-1-3-7-16/h1-15H,(H,24,28)(H2,25,26,29)/b15-14+. The molecule has 0 aliphatic carbocycles. The first-order valence-electron chi connectivity index (χ1n) is 9.23. The molecule has 0 bridgehead atoms. The zero-order chi connectivity index (χ0) is 20.8. The van der Waals surface area contributed by atoms with E-state index in [0.29, 0.717) is 17.1 Å². The van der Waals surface area contributed by atoms with Crippen molar-refractivity contribution in [1.29, 1.82) is 0 Å². The third-order valence-corrected chi connectivity index (χ3v) is 5.13. The molecule has 0 unspecified atom stereocenters. The van der Waals surface area contributed by atoms with Crippen molar-refractivity contribution in [1.82, 2.24) is 4.98 Å². The van der Waals surface area contributed by atoms with Crippen LogP contribution in [0.3, 0.4) is 0 Å². The number of amides is 3. The van der Waals surface area contributed by atoms with Crippen LogP contribution in [0.1, 0.15) is 5.01 Å². The van der Waals surface area contributed by atoms with Gasteiger partial charge in [-0.05, 0) is 54.6 Å². The van der Waals surface area contributed by atoms with Gasteiger partial charge in [0, 0.05) is 23.1 Å². The molecular formula is C23H18N4O2S. The Hall–Kier alpha value is -3.97. The summed E-state index contributed by atoms with van der Waals surface area (Å²) in [7, 11) is 0. The number of thiazole rings is 1. The molecule has 7 heteroatoms. The van der Waals surface area contributed by atoms with Crippen molar-refractivity contribution in [3.8, 4) is 0 Å². The summed E-state index contributed by atoms with van der Waals surface area (Å²) in [5, 5.41) is 9.05. The second kappa shape index (κ2) is 9.02. The third kappa shape index (κ3) is 5.09. The molecule has 0 aliphatic heterocycles. The molecule has 6 nitrogen and oxygen atoms in total. The summed E-state index contributed by atoms with van der Waals surface area (Å²) in [6, 6.07) is 23.6. The minimum absolute atomic E-state index is 0.253. The predicted molar refractivity (Wildman–Crippen MR) is 123 cm³/mol. The van der Waals surface area contributed by atoms with Crippen LogP contribution in [-0.4, -0.2) is 16.9 Å². The molecule has 0 saturated heterocycles. The highest BCUT2D eigenvalue weighted by Crippen LogP contribution is 2.22. The second-order valence-corrected chi connectivity index (χ2v) is 7.43. The summed E-state index contributed by atoms with van der Waals surface area (Å²) < 4.78 is 1.08. The Bertz CT molecular complexity index is 1170. The minimum atomic E-state index is -0.336. The van der Waals surface area contributed by atoms with E-state index in [0.717, 1.165) is 15.2 Å². The monoisotopic (exact) mass is 414 g/mol. The smallest absolute Gasteiger partial charge is 0.323 e. The molecule has 1 heterocycles. The maximum Gasteiger partial charge on any atom is 0.323 e. The number of benzene rings is 3. The zero-order valence-electron chi connectivity index (χ0n) is 15.8. The topological polar surface area (TPSA) is 83.1 Å². The Kier molecular flexibility index (Phi) is 5.82. The van der Waals surface area contributed by atoms with Crippen LogP contribution in [0.15, 0.2) is 84.9 Å². The lowest BCUT2D eigenvalue weighted by atomic mass is 10.2. The lowest BCUT2D eigenvalue weighted by Gasteiger charge is -2.08. The molecule has 1 aromatic heterocycles. The van der Waals surface area contributed by atoms with E-state index in [2.05, 4.69) is 20.9 Å². The van der Waals surface area contributed by atoms with Gasteiger partial charge in [-0.1, -0.05) is 30.3 Å². The Morgan fingerprint density at radius 2 is 1.33 bits per heavy atom. The lowest BCUT2D eigenvalue weighted by molar-refractivity contribution is -0.111. The Labute approximate surface area is 177 Å². The molecule has 3 amide bonds. The number of carbonyl (C=O) groups excluding carboxylic acids is 2. The molecule has 0 radical (unpaired) electrons. The first-order chi connectivity index (χ1) is 14.7. The first-order valence-corrected chi connectivity index (χ1v) is 10.1. The Morgan fingerprint density at radius 1 is 0.733 bits per heavy atom. The zero-order valence-corrected chi connectivity index (χ0v) is 16.6. The number of urea groups is 1. The van der Waals surface area contributed by atoms with Gasteiger partial charge >= 0.3 is 6.03 Å². The fraction of sp³-hybridized carbons (Fsp3) is 0. The van der Waals surface area contributed by atoms with E-state index in [9.17, 15) is 9.59 Å². The van der Waals surface area contributed by atoms with Gasteiger partial charge in [0.15, 0.2) is 0 Å². The Morgan fingerprint density at radius 3 is 2.03 bits per heavy atom. The number of nitrogens with zero attached hydrogens (tertiary/aromatic N) is 1. The Balaban J connectivity index is 1.31. The van der Waals surface area contributed by atoms with E-state index in [1.807, 2.05) is 42.5 Å². The van der Waals surface area contributed by atoms with Gasteiger partial charge in [0.25, 0.3) is 0 Å². The molecule has 0 spiro atoms.